The van der Waals surface area contributed by atoms with E-state index in [9.17, 15) is 5.11 Å². The summed E-state index contributed by atoms with van der Waals surface area (Å²) in [4.78, 5) is 0. The maximum Gasteiger partial charge on any atom is 0.114 e. The molecule has 1 aliphatic heterocycles. The Hall–Kier alpha value is -0.980. The van der Waals surface area contributed by atoms with Crippen molar-refractivity contribution in [3.63, 3.8) is 0 Å². The second-order valence-corrected chi connectivity index (χ2v) is 5.27. The molecule has 0 radical (unpaired) electrons. The molecule has 5 nitrogen and oxygen atoms in total. The minimum Gasteiger partial charge on any atom is -0.387 e. The first-order chi connectivity index (χ1) is 10.2. The van der Waals surface area contributed by atoms with Gasteiger partial charge < -0.3 is 24.1 Å². The molecule has 2 unspecified atom stereocenters. The SMILES string of the molecule is COC1[C@H](C)OC(COCc2ccccc2)[C@H](O)[C@@H]1OC. The summed E-state index contributed by atoms with van der Waals surface area (Å²) in [6, 6.07) is 9.90. The van der Waals surface area contributed by atoms with Gasteiger partial charge in [-0.15, -0.1) is 0 Å². The number of benzene rings is 1. The molecular formula is C16H24O5. The summed E-state index contributed by atoms with van der Waals surface area (Å²) in [5.41, 5.74) is 1.09. The van der Waals surface area contributed by atoms with Crippen LogP contribution in [0.25, 0.3) is 0 Å². The zero-order valence-electron chi connectivity index (χ0n) is 12.8. The Bertz CT molecular complexity index is 410. The summed E-state index contributed by atoms with van der Waals surface area (Å²) in [6.07, 6.45) is -2.04. The molecule has 1 saturated heterocycles. The highest BCUT2D eigenvalue weighted by atomic mass is 16.6. The van der Waals surface area contributed by atoms with E-state index in [2.05, 4.69) is 0 Å². The smallest absolute Gasteiger partial charge is 0.114 e. The fraction of sp³-hybridized carbons (Fsp3) is 0.625. The minimum atomic E-state index is -0.771. The summed E-state index contributed by atoms with van der Waals surface area (Å²) in [6.45, 7) is 2.72. The molecular weight excluding hydrogens is 272 g/mol. The number of hydrogen-bond acceptors (Lipinski definition) is 5. The van der Waals surface area contributed by atoms with Gasteiger partial charge in [0, 0.05) is 14.2 Å². The predicted octanol–water partition coefficient (Wildman–Crippen LogP) is 1.38. The predicted molar refractivity (Wildman–Crippen MR) is 78.0 cm³/mol. The second-order valence-electron chi connectivity index (χ2n) is 5.27. The molecule has 21 heavy (non-hydrogen) atoms. The maximum atomic E-state index is 10.3. The van der Waals surface area contributed by atoms with E-state index >= 15 is 0 Å². The first kappa shape index (κ1) is 16.4. The molecule has 118 valence electrons. The van der Waals surface area contributed by atoms with Gasteiger partial charge in [0.05, 0.1) is 19.3 Å². The van der Waals surface area contributed by atoms with E-state index in [1.807, 2.05) is 37.3 Å². The van der Waals surface area contributed by atoms with Gasteiger partial charge in [-0.3, -0.25) is 0 Å². The van der Waals surface area contributed by atoms with Crippen LogP contribution in [0.1, 0.15) is 12.5 Å². The largest absolute Gasteiger partial charge is 0.387 e. The molecule has 0 saturated carbocycles. The number of methoxy groups -OCH3 is 2. The van der Waals surface area contributed by atoms with Crippen molar-refractivity contribution in [3.8, 4) is 0 Å². The summed E-state index contributed by atoms with van der Waals surface area (Å²) < 4.78 is 22.2. The van der Waals surface area contributed by atoms with Crippen molar-refractivity contribution in [2.45, 2.75) is 44.1 Å². The summed E-state index contributed by atoms with van der Waals surface area (Å²) in [7, 11) is 3.16. The van der Waals surface area contributed by atoms with Crippen LogP contribution in [-0.2, 0) is 25.6 Å². The van der Waals surface area contributed by atoms with E-state index < -0.39 is 18.3 Å². The highest BCUT2D eigenvalue weighted by Crippen LogP contribution is 2.25. The van der Waals surface area contributed by atoms with Crippen LogP contribution in [0.4, 0.5) is 0 Å². The van der Waals surface area contributed by atoms with Gasteiger partial charge in [0.15, 0.2) is 0 Å². The van der Waals surface area contributed by atoms with Gasteiger partial charge in [-0.1, -0.05) is 30.3 Å². The maximum absolute atomic E-state index is 10.3. The lowest BCUT2D eigenvalue weighted by molar-refractivity contribution is -0.241. The molecule has 1 aromatic carbocycles. The number of aliphatic hydroxyl groups excluding tert-OH is 1. The van der Waals surface area contributed by atoms with Crippen LogP contribution < -0.4 is 0 Å². The van der Waals surface area contributed by atoms with E-state index in [4.69, 9.17) is 18.9 Å². The topological polar surface area (TPSA) is 57.2 Å². The molecule has 0 spiro atoms. The Morgan fingerprint density at radius 1 is 1.10 bits per heavy atom. The van der Waals surface area contributed by atoms with Crippen LogP contribution in [0, 0.1) is 0 Å². The van der Waals surface area contributed by atoms with Gasteiger partial charge in [-0.25, -0.2) is 0 Å². The molecule has 0 amide bonds. The van der Waals surface area contributed by atoms with Crippen molar-refractivity contribution in [1.29, 1.82) is 0 Å². The minimum absolute atomic E-state index is 0.159. The lowest BCUT2D eigenvalue weighted by Crippen LogP contribution is -2.59. The average Bonchev–Trinajstić information content (AvgIpc) is 2.51. The fourth-order valence-corrected chi connectivity index (χ4v) is 2.71. The molecule has 1 N–H and O–H groups in total. The molecule has 0 aromatic heterocycles. The average molecular weight is 296 g/mol. The second kappa shape index (κ2) is 7.87. The van der Waals surface area contributed by atoms with Gasteiger partial charge in [-0.05, 0) is 12.5 Å². The number of hydrogen-bond donors (Lipinski definition) is 1. The molecule has 0 aliphatic carbocycles. The normalized spacial score (nSPS) is 33.0. The molecule has 0 bridgehead atoms. The van der Waals surface area contributed by atoms with Crippen molar-refractivity contribution in [2.24, 2.45) is 0 Å². The zero-order chi connectivity index (χ0) is 15.2. The van der Waals surface area contributed by atoms with Gasteiger partial charge in [0.2, 0.25) is 0 Å². The Labute approximate surface area is 125 Å². The molecule has 1 heterocycles. The fourth-order valence-electron chi connectivity index (χ4n) is 2.71. The number of aliphatic hydroxyl groups is 1. The Morgan fingerprint density at radius 3 is 2.38 bits per heavy atom. The van der Waals surface area contributed by atoms with Crippen LogP contribution in [-0.4, -0.2) is 56.5 Å². The summed E-state index contributed by atoms with van der Waals surface area (Å²) in [5.74, 6) is 0. The van der Waals surface area contributed by atoms with Gasteiger partial charge in [-0.2, -0.15) is 0 Å². The van der Waals surface area contributed by atoms with Crippen LogP contribution in [0.15, 0.2) is 30.3 Å². The van der Waals surface area contributed by atoms with Gasteiger partial charge >= 0.3 is 0 Å². The van der Waals surface area contributed by atoms with Crippen molar-refractivity contribution in [2.75, 3.05) is 20.8 Å². The van der Waals surface area contributed by atoms with Crippen LogP contribution in [0.3, 0.4) is 0 Å². The summed E-state index contributed by atoms with van der Waals surface area (Å²) in [5, 5.41) is 10.3. The quantitative estimate of drug-likeness (QED) is 0.859. The third-order valence-electron chi connectivity index (χ3n) is 3.83. The van der Waals surface area contributed by atoms with E-state index in [0.717, 1.165) is 5.56 Å². The molecule has 5 atom stereocenters. The molecule has 1 fully saturated rings. The molecule has 5 heteroatoms. The Morgan fingerprint density at radius 2 is 1.76 bits per heavy atom. The van der Waals surface area contributed by atoms with Crippen LogP contribution in [0.5, 0.6) is 0 Å². The zero-order valence-corrected chi connectivity index (χ0v) is 12.8. The van der Waals surface area contributed by atoms with E-state index in [1.54, 1.807) is 14.2 Å². The van der Waals surface area contributed by atoms with Gasteiger partial charge in [0.25, 0.3) is 0 Å². The first-order valence-corrected chi connectivity index (χ1v) is 7.18. The first-order valence-electron chi connectivity index (χ1n) is 7.18. The van der Waals surface area contributed by atoms with Crippen LogP contribution >= 0.6 is 0 Å². The summed E-state index contributed by atoms with van der Waals surface area (Å²) >= 11 is 0. The van der Waals surface area contributed by atoms with Crippen molar-refractivity contribution < 1.29 is 24.1 Å². The van der Waals surface area contributed by atoms with Crippen molar-refractivity contribution in [1.82, 2.24) is 0 Å². The van der Waals surface area contributed by atoms with Crippen LogP contribution in [0.2, 0.25) is 0 Å². The molecule has 1 aromatic rings. The lowest BCUT2D eigenvalue weighted by atomic mass is 9.95. The highest BCUT2D eigenvalue weighted by Gasteiger charge is 2.44. The Balaban J connectivity index is 1.88. The van der Waals surface area contributed by atoms with Gasteiger partial charge in [0.1, 0.15) is 24.4 Å². The van der Waals surface area contributed by atoms with E-state index in [-0.39, 0.29) is 12.2 Å². The lowest BCUT2D eigenvalue weighted by Gasteiger charge is -2.42. The van der Waals surface area contributed by atoms with Crippen molar-refractivity contribution >= 4 is 0 Å². The monoisotopic (exact) mass is 296 g/mol. The van der Waals surface area contributed by atoms with Crippen molar-refractivity contribution in [3.05, 3.63) is 35.9 Å². The standard InChI is InChI=1S/C16H24O5/c1-11-15(18-2)16(19-3)14(17)13(21-11)10-20-9-12-7-5-4-6-8-12/h4-8,11,13-17H,9-10H2,1-3H3/t11-,13?,14-,15?,16-/m0/s1. The number of rotatable bonds is 6. The van der Waals surface area contributed by atoms with E-state index in [1.165, 1.54) is 0 Å². The number of ether oxygens (including phenoxy) is 4. The third-order valence-corrected chi connectivity index (χ3v) is 3.83. The third kappa shape index (κ3) is 4.02. The van der Waals surface area contributed by atoms with E-state index in [0.29, 0.717) is 13.2 Å². The highest BCUT2D eigenvalue weighted by molar-refractivity contribution is 5.13. The molecule has 2 rings (SSSR count). The molecule has 1 aliphatic rings. The Kier molecular flexibility index (Phi) is 6.14.